The number of rotatable bonds is 10. The molecule has 3 aromatic carbocycles. The van der Waals surface area contributed by atoms with Crippen molar-refractivity contribution >= 4 is 22.8 Å². The highest BCUT2D eigenvalue weighted by atomic mass is 19.1. The van der Waals surface area contributed by atoms with Gasteiger partial charge in [0, 0.05) is 60.2 Å². The van der Waals surface area contributed by atoms with Gasteiger partial charge in [0.15, 0.2) is 0 Å². The van der Waals surface area contributed by atoms with Crippen LogP contribution in [0.2, 0.25) is 0 Å². The van der Waals surface area contributed by atoms with Crippen LogP contribution in [-0.2, 0) is 28.9 Å². The number of aryl methyl sites for hydroxylation is 1. The van der Waals surface area contributed by atoms with E-state index in [-0.39, 0.29) is 25.0 Å². The van der Waals surface area contributed by atoms with E-state index in [9.17, 15) is 18.4 Å². The predicted octanol–water partition coefficient (Wildman–Crippen LogP) is 8.37. The summed E-state index contributed by atoms with van der Waals surface area (Å²) in [6.45, 7) is 7.74. The lowest BCUT2D eigenvalue weighted by molar-refractivity contribution is -0.118. The molecule has 2 heterocycles. The Kier molecular flexibility index (Phi) is 9.42. The molecule has 2 N–H and O–H groups in total. The van der Waals surface area contributed by atoms with E-state index in [1.54, 1.807) is 6.20 Å². The Bertz CT molecular complexity index is 1800. The third kappa shape index (κ3) is 8.41. The molecule has 1 atom stereocenters. The monoisotopic (exact) mass is 609 g/mol. The quantitative estimate of drug-likeness (QED) is 0.167. The van der Waals surface area contributed by atoms with Crippen molar-refractivity contribution in [3.05, 3.63) is 125 Å². The van der Waals surface area contributed by atoms with E-state index >= 15 is 0 Å². The van der Waals surface area contributed by atoms with E-state index in [0.717, 1.165) is 44.8 Å². The molecule has 0 fully saturated rings. The molecule has 5 rings (SSSR count). The van der Waals surface area contributed by atoms with E-state index in [0.29, 0.717) is 17.8 Å². The number of H-pyrrole nitrogens is 1. The fourth-order valence-electron chi connectivity index (χ4n) is 5.54. The van der Waals surface area contributed by atoms with Crippen molar-refractivity contribution < 1.29 is 23.1 Å². The van der Waals surface area contributed by atoms with E-state index in [1.807, 2.05) is 88.5 Å². The van der Waals surface area contributed by atoms with Gasteiger partial charge in [0.05, 0.1) is 5.69 Å². The lowest BCUT2D eigenvalue weighted by Gasteiger charge is -2.20. The number of carbonyl (C=O) groups is 2. The highest BCUT2D eigenvalue weighted by Gasteiger charge is 2.23. The summed E-state index contributed by atoms with van der Waals surface area (Å²) in [6, 6.07) is 21.1. The molecule has 0 spiro atoms. The van der Waals surface area contributed by atoms with Crippen LogP contribution in [0, 0.1) is 18.6 Å². The number of alkyl carbamates (subject to hydrolysis) is 1. The van der Waals surface area contributed by atoms with E-state index in [1.165, 1.54) is 12.1 Å². The molecule has 45 heavy (non-hydrogen) atoms. The number of carbonyl (C=O) groups excluding carboxylic acids is 2. The number of hydrogen-bond acceptors (Lipinski definition) is 4. The van der Waals surface area contributed by atoms with Gasteiger partial charge < -0.3 is 15.0 Å². The van der Waals surface area contributed by atoms with Gasteiger partial charge >= 0.3 is 6.09 Å². The molecule has 232 valence electrons. The first-order valence-electron chi connectivity index (χ1n) is 15.0. The number of aromatic nitrogens is 2. The van der Waals surface area contributed by atoms with E-state index in [4.69, 9.17) is 9.72 Å². The topological polar surface area (TPSA) is 84.1 Å². The van der Waals surface area contributed by atoms with Crippen LogP contribution < -0.4 is 5.32 Å². The Morgan fingerprint density at radius 3 is 2.40 bits per heavy atom. The molecule has 0 unspecified atom stereocenters. The van der Waals surface area contributed by atoms with E-state index in [2.05, 4.69) is 10.3 Å². The van der Waals surface area contributed by atoms with Gasteiger partial charge in [-0.3, -0.25) is 9.78 Å². The average molecular weight is 610 g/mol. The molecule has 6 nitrogen and oxygen atoms in total. The summed E-state index contributed by atoms with van der Waals surface area (Å²) in [4.78, 5) is 33.7. The van der Waals surface area contributed by atoms with Crippen molar-refractivity contribution in [2.24, 2.45) is 0 Å². The number of Topliss-reactive ketones (excluding diaryl/α,β-unsaturated/α-hetero) is 1. The zero-order valence-corrected chi connectivity index (χ0v) is 25.9. The van der Waals surface area contributed by atoms with Gasteiger partial charge in [0.1, 0.15) is 23.0 Å². The number of aromatic amines is 1. The Balaban J connectivity index is 1.37. The van der Waals surface area contributed by atoms with Crippen molar-refractivity contribution in [1.82, 2.24) is 15.3 Å². The lowest BCUT2D eigenvalue weighted by atomic mass is 9.86. The lowest BCUT2D eigenvalue weighted by Crippen LogP contribution is -2.32. The maximum absolute atomic E-state index is 14.2. The fraction of sp³-hybridized carbons (Fsp3) is 0.270. The molecule has 0 bridgehead atoms. The highest BCUT2D eigenvalue weighted by molar-refractivity contribution is 5.90. The third-order valence-electron chi connectivity index (χ3n) is 7.52. The minimum absolute atomic E-state index is 0.0195. The second-order valence-corrected chi connectivity index (χ2v) is 12.4. The van der Waals surface area contributed by atoms with Crippen molar-refractivity contribution in [2.45, 2.75) is 65.0 Å². The molecular weight excluding hydrogens is 572 g/mol. The largest absolute Gasteiger partial charge is 0.444 e. The molecule has 2 aromatic heterocycles. The summed E-state index contributed by atoms with van der Waals surface area (Å²) in [6.07, 6.45) is 3.58. The number of nitrogens with zero attached hydrogens (tertiary/aromatic N) is 1. The number of nitrogens with one attached hydrogen (secondary N) is 2. The molecule has 0 aliphatic heterocycles. The predicted molar refractivity (Wildman–Crippen MR) is 172 cm³/mol. The van der Waals surface area contributed by atoms with Crippen LogP contribution in [0.4, 0.5) is 13.6 Å². The summed E-state index contributed by atoms with van der Waals surface area (Å²) < 4.78 is 33.6. The number of benzene rings is 3. The zero-order chi connectivity index (χ0) is 32.1. The molecule has 0 aliphatic carbocycles. The number of fused-ring (bicyclic) bond motifs is 1. The summed E-state index contributed by atoms with van der Waals surface area (Å²) >= 11 is 0. The van der Waals surface area contributed by atoms with Crippen LogP contribution in [0.3, 0.4) is 0 Å². The molecule has 5 aromatic rings. The molecule has 0 saturated heterocycles. The molecule has 0 saturated carbocycles. The van der Waals surface area contributed by atoms with Crippen molar-refractivity contribution in [3.63, 3.8) is 0 Å². The first-order valence-corrected chi connectivity index (χ1v) is 15.0. The summed E-state index contributed by atoms with van der Waals surface area (Å²) in [5, 5.41) is 3.67. The first-order chi connectivity index (χ1) is 21.4. The zero-order valence-electron chi connectivity index (χ0n) is 25.9. The average Bonchev–Trinajstić information content (AvgIpc) is 3.36. The number of ketones is 1. The van der Waals surface area contributed by atoms with Gasteiger partial charge in [-0.15, -0.1) is 0 Å². The minimum Gasteiger partial charge on any atom is -0.444 e. The van der Waals surface area contributed by atoms with Gasteiger partial charge in [-0.05, 0) is 80.6 Å². The molecule has 1 amide bonds. The molecular formula is C37H37F2N3O3. The fourth-order valence-corrected chi connectivity index (χ4v) is 5.54. The Morgan fingerprint density at radius 2 is 1.69 bits per heavy atom. The maximum Gasteiger partial charge on any atom is 0.407 e. The van der Waals surface area contributed by atoms with Gasteiger partial charge in [0.25, 0.3) is 0 Å². The SMILES string of the molecule is Cc1ccc(-c2cccnc2[C@@H](CC(=O)Cc2c[nH]c3cc(CNC(=O)OC(C)(C)C)ccc23)Cc2cc(F)cc(F)c2)cc1. The standard InChI is InChI=1S/C37H37F2N3O3/c1-23-7-10-26(11-8-23)33-6-5-13-40-35(33)27(14-25-15-29(38)20-30(39)16-25)18-31(43)19-28-22-41-34-17-24(9-12-32(28)34)21-42-36(44)45-37(2,3)4/h5-13,15-17,20,22,27,41H,14,18-19,21H2,1-4H3,(H,42,44)/t27-/m1/s1. The van der Waals surface area contributed by atoms with Crippen LogP contribution in [0.1, 0.15) is 61.1 Å². The van der Waals surface area contributed by atoms with Crippen LogP contribution in [0.5, 0.6) is 0 Å². The Hall–Kier alpha value is -4.85. The molecule has 8 heteroatoms. The highest BCUT2D eigenvalue weighted by Crippen LogP contribution is 2.33. The summed E-state index contributed by atoms with van der Waals surface area (Å²) in [5.74, 6) is -1.75. The first kappa shape index (κ1) is 31.6. The van der Waals surface area contributed by atoms with Gasteiger partial charge in [-0.2, -0.15) is 0 Å². The number of pyridine rings is 1. The third-order valence-corrected chi connectivity index (χ3v) is 7.52. The second-order valence-electron chi connectivity index (χ2n) is 12.4. The second kappa shape index (κ2) is 13.4. The molecule has 0 aliphatic rings. The van der Waals surface area contributed by atoms with Crippen molar-refractivity contribution in [3.8, 4) is 11.1 Å². The van der Waals surface area contributed by atoms with Crippen LogP contribution in [-0.4, -0.2) is 27.4 Å². The van der Waals surface area contributed by atoms with Crippen LogP contribution in [0.25, 0.3) is 22.0 Å². The number of hydrogen-bond donors (Lipinski definition) is 2. The Labute approximate surface area is 261 Å². The number of halogens is 2. The van der Waals surface area contributed by atoms with Crippen LogP contribution in [0.15, 0.2) is 85.2 Å². The minimum atomic E-state index is -0.658. The molecule has 0 radical (unpaired) electrons. The van der Waals surface area contributed by atoms with Gasteiger partial charge in [-0.25, -0.2) is 13.6 Å². The maximum atomic E-state index is 14.2. The van der Waals surface area contributed by atoms with Crippen molar-refractivity contribution in [2.75, 3.05) is 0 Å². The number of ether oxygens (including phenoxy) is 1. The van der Waals surface area contributed by atoms with Crippen molar-refractivity contribution in [1.29, 1.82) is 0 Å². The number of amides is 1. The van der Waals surface area contributed by atoms with Gasteiger partial charge in [-0.1, -0.05) is 48.0 Å². The Morgan fingerprint density at radius 1 is 0.956 bits per heavy atom. The van der Waals surface area contributed by atoms with E-state index < -0.39 is 29.2 Å². The van der Waals surface area contributed by atoms with Crippen LogP contribution >= 0.6 is 0 Å². The van der Waals surface area contributed by atoms with Gasteiger partial charge in [0.2, 0.25) is 0 Å². The summed E-state index contributed by atoms with van der Waals surface area (Å²) in [5.41, 5.74) is 6.13. The summed E-state index contributed by atoms with van der Waals surface area (Å²) in [7, 11) is 0. The smallest absolute Gasteiger partial charge is 0.407 e. The normalized spacial score (nSPS) is 12.2.